The summed E-state index contributed by atoms with van der Waals surface area (Å²) in [5.41, 5.74) is 1.12. The van der Waals surface area contributed by atoms with Gasteiger partial charge in [0.25, 0.3) is 0 Å². The number of pyridine rings is 1. The molecule has 0 atom stereocenters. The van der Waals surface area contributed by atoms with Gasteiger partial charge in [-0.05, 0) is 30.2 Å². The predicted molar refractivity (Wildman–Crippen MR) is 66.9 cm³/mol. The van der Waals surface area contributed by atoms with E-state index < -0.39 is 0 Å². The van der Waals surface area contributed by atoms with Crippen LogP contribution in [0.3, 0.4) is 0 Å². The normalized spacial score (nSPS) is 9.24. The molecule has 0 saturated heterocycles. The van der Waals surface area contributed by atoms with Crippen LogP contribution in [0.2, 0.25) is 5.15 Å². The molecule has 0 aliphatic heterocycles. The summed E-state index contributed by atoms with van der Waals surface area (Å²) in [6.07, 6.45) is 1.53. The fourth-order valence-electron chi connectivity index (χ4n) is 1.27. The zero-order chi connectivity index (χ0) is 12.1. The molecule has 0 unspecified atom stereocenters. The van der Waals surface area contributed by atoms with Crippen LogP contribution in [0.25, 0.3) is 0 Å². The minimum Gasteiger partial charge on any atom is -0.279 e. The SMILES string of the molecule is O=C(C#Cc1ccccc1)c1cccnc1Cl. The van der Waals surface area contributed by atoms with Gasteiger partial charge in [-0.1, -0.05) is 35.7 Å². The van der Waals surface area contributed by atoms with Gasteiger partial charge in [0, 0.05) is 11.8 Å². The van der Waals surface area contributed by atoms with E-state index in [1.807, 2.05) is 30.3 Å². The van der Waals surface area contributed by atoms with E-state index in [2.05, 4.69) is 16.8 Å². The van der Waals surface area contributed by atoms with E-state index in [0.717, 1.165) is 5.56 Å². The molecule has 1 heterocycles. The summed E-state index contributed by atoms with van der Waals surface area (Å²) in [6.45, 7) is 0. The van der Waals surface area contributed by atoms with Gasteiger partial charge in [-0.15, -0.1) is 0 Å². The summed E-state index contributed by atoms with van der Waals surface area (Å²) < 4.78 is 0. The van der Waals surface area contributed by atoms with Gasteiger partial charge in [0.15, 0.2) is 0 Å². The minimum atomic E-state index is -0.327. The van der Waals surface area contributed by atoms with E-state index in [1.54, 1.807) is 12.1 Å². The molecule has 0 fully saturated rings. The third-order valence-corrected chi connectivity index (χ3v) is 2.40. The van der Waals surface area contributed by atoms with Crippen molar-refractivity contribution in [1.29, 1.82) is 0 Å². The molecule has 2 aromatic rings. The quantitative estimate of drug-likeness (QED) is 0.437. The first kappa shape index (κ1) is 11.4. The highest BCUT2D eigenvalue weighted by Crippen LogP contribution is 2.11. The van der Waals surface area contributed by atoms with Gasteiger partial charge in [0.05, 0.1) is 5.56 Å². The van der Waals surface area contributed by atoms with Crippen LogP contribution in [0.4, 0.5) is 0 Å². The van der Waals surface area contributed by atoms with Crippen molar-refractivity contribution in [2.45, 2.75) is 0 Å². The van der Waals surface area contributed by atoms with Crippen molar-refractivity contribution in [3.63, 3.8) is 0 Å². The Hall–Kier alpha value is -2.11. The highest BCUT2D eigenvalue weighted by atomic mass is 35.5. The molecule has 0 spiro atoms. The van der Waals surface area contributed by atoms with E-state index in [0.29, 0.717) is 5.56 Å². The number of nitrogens with zero attached hydrogens (tertiary/aromatic N) is 1. The van der Waals surface area contributed by atoms with E-state index >= 15 is 0 Å². The van der Waals surface area contributed by atoms with Crippen LogP contribution in [0.5, 0.6) is 0 Å². The number of aromatic nitrogens is 1. The lowest BCUT2D eigenvalue weighted by atomic mass is 10.1. The molecule has 82 valence electrons. The molecule has 1 aromatic heterocycles. The van der Waals surface area contributed by atoms with E-state index in [1.165, 1.54) is 6.20 Å². The second-order valence-electron chi connectivity index (χ2n) is 3.29. The van der Waals surface area contributed by atoms with Crippen LogP contribution in [0, 0.1) is 11.8 Å². The molecular weight excluding hydrogens is 234 g/mol. The number of ketones is 1. The minimum absolute atomic E-state index is 0.180. The Balaban J connectivity index is 2.24. The molecule has 17 heavy (non-hydrogen) atoms. The zero-order valence-electron chi connectivity index (χ0n) is 8.85. The molecule has 3 heteroatoms. The van der Waals surface area contributed by atoms with Crippen LogP contribution in [0.15, 0.2) is 48.7 Å². The number of Topliss-reactive ketones (excluding diaryl/α,β-unsaturated/α-hetero) is 1. The first-order chi connectivity index (χ1) is 8.27. The Kier molecular flexibility index (Phi) is 3.54. The van der Waals surface area contributed by atoms with Gasteiger partial charge in [-0.2, -0.15) is 0 Å². The van der Waals surface area contributed by atoms with Gasteiger partial charge in [0.2, 0.25) is 5.78 Å². The fraction of sp³-hybridized carbons (Fsp3) is 0. The predicted octanol–water partition coefficient (Wildman–Crippen LogP) is 2.97. The zero-order valence-corrected chi connectivity index (χ0v) is 9.61. The number of halogens is 1. The largest absolute Gasteiger partial charge is 0.279 e. The van der Waals surface area contributed by atoms with Crippen LogP contribution in [-0.4, -0.2) is 10.8 Å². The smallest absolute Gasteiger partial charge is 0.239 e. The fourth-order valence-corrected chi connectivity index (χ4v) is 1.48. The van der Waals surface area contributed by atoms with Crippen LogP contribution >= 0.6 is 11.6 Å². The highest BCUT2D eigenvalue weighted by Gasteiger charge is 2.07. The number of hydrogen-bond donors (Lipinski definition) is 0. The maximum Gasteiger partial charge on any atom is 0.239 e. The Labute approximate surface area is 104 Å². The first-order valence-corrected chi connectivity index (χ1v) is 5.37. The molecule has 0 aliphatic carbocycles. The van der Waals surface area contributed by atoms with Crippen molar-refractivity contribution in [3.8, 4) is 11.8 Å². The van der Waals surface area contributed by atoms with E-state index in [-0.39, 0.29) is 10.9 Å². The number of hydrogen-bond acceptors (Lipinski definition) is 2. The highest BCUT2D eigenvalue weighted by molar-refractivity contribution is 6.33. The second-order valence-corrected chi connectivity index (χ2v) is 3.64. The van der Waals surface area contributed by atoms with Gasteiger partial charge in [0.1, 0.15) is 5.15 Å². The molecule has 0 radical (unpaired) electrons. The summed E-state index contributed by atoms with van der Waals surface area (Å²) in [5.74, 6) is 5.00. The lowest BCUT2D eigenvalue weighted by Crippen LogP contribution is -1.97. The molecule has 0 bridgehead atoms. The lowest BCUT2D eigenvalue weighted by Gasteiger charge is -1.95. The molecule has 0 aliphatic rings. The van der Waals surface area contributed by atoms with Crippen molar-refractivity contribution in [2.24, 2.45) is 0 Å². The first-order valence-electron chi connectivity index (χ1n) is 4.99. The Morgan fingerprint density at radius 1 is 1.12 bits per heavy atom. The third kappa shape index (κ3) is 2.93. The lowest BCUT2D eigenvalue weighted by molar-refractivity contribution is 0.105. The van der Waals surface area contributed by atoms with Gasteiger partial charge < -0.3 is 0 Å². The molecule has 2 nitrogen and oxygen atoms in total. The van der Waals surface area contributed by atoms with Crippen molar-refractivity contribution in [3.05, 3.63) is 64.9 Å². The second kappa shape index (κ2) is 5.29. The van der Waals surface area contributed by atoms with Gasteiger partial charge in [-0.25, -0.2) is 4.98 Å². The molecular formula is C14H8ClNO. The van der Waals surface area contributed by atoms with Crippen molar-refractivity contribution >= 4 is 17.4 Å². The van der Waals surface area contributed by atoms with Crippen molar-refractivity contribution in [1.82, 2.24) is 4.98 Å². The van der Waals surface area contributed by atoms with Gasteiger partial charge in [-0.3, -0.25) is 4.79 Å². The third-order valence-electron chi connectivity index (χ3n) is 2.10. The van der Waals surface area contributed by atoms with Crippen LogP contribution in [-0.2, 0) is 0 Å². The standard InChI is InChI=1S/C14H8ClNO/c15-14-12(7-4-10-16-14)13(17)9-8-11-5-2-1-3-6-11/h1-7,10H. The summed E-state index contributed by atoms with van der Waals surface area (Å²) in [7, 11) is 0. The number of rotatable bonds is 1. The average Bonchev–Trinajstić information content (AvgIpc) is 2.38. The monoisotopic (exact) mass is 241 g/mol. The maximum atomic E-state index is 11.7. The summed E-state index contributed by atoms with van der Waals surface area (Å²) in [4.78, 5) is 15.6. The summed E-state index contributed by atoms with van der Waals surface area (Å²) in [5, 5.41) is 0.180. The molecule has 0 amide bonds. The average molecular weight is 242 g/mol. The topological polar surface area (TPSA) is 30.0 Å². The van der Waals surface area contributed by atoms with Crippen molar-refractivity contribution < 1.29 is 4.79 Å². The number of carbonyl (C=O) groups is 1. The molecule has 1 aromatic carbocycles. The number of carbonyl (C=O) groups excluding carboxylic acids is 1. The van der Waals surface area contributed by atoms with E-state index in [4.69, 9.17) is 11.6 Å². The van der Waals surface area contributed by atoms with E-state index in [9.17, 15) is 4.79 Å². The van der Waals surface area contributed by atoms with Crippen LogP contribution < -0.4 is 0 Å². The Bertz CT molecular complexity index is 596. The van der Waals surface area contributed by atoms with Gasteiger partial charge >= 0.3 is 0 Å². The Morgan fingerprint density at radius 2 is 1.88 bits per heavy atom. The molecule has 0 saturated carbocycles. The molecule has 2 rings (SSSR count). The van der Waals surface area contributed by atoms with Crippen LogP contribution in [0.1, 0.15) is 15.9 Å². The molecule has 0 N–H and O–H groups in total. The summed E-state index contributed by atoms with van der Waals surface area (Å²) in [6, 6.07) is 12.6. The summed E-state index contributed by atoms with van der Waals surface area (Å²) >= 11 is 5.80. The van der Waals surface area contributed by atoms with Crippen molar-refractivity contribution in [2.75, 3.05) is 0 Å². The Morgan fingerprint density at radius 3 is 2.59 bits per heavy atom. The maximum absolute atomic E-state index is 11.7. The number of benzene rings is 1.